The fourth-order valence-electron chi connectivity index (χ4n) is 2.14. The number of para-hydroxylation sites is 1. The van der Waals surface area contributed by atoms with Crippen molar-refractivity contribution in [3.8, 4) is 11.5 Å². The van der Waals surface area contributed by atoms with Crippen molar-refractivity contribution in [3.05, 3.63) is 59.7 Å². The summed E-state index contributed by atoms with van der Waals surface area (Å²) in [5.74, 6) is 1.16. The maximum absolute atomic E-state index is 11.5. The Hall–Kier alpha value is -3.02. The Morgan fingerprint density at radius 3 is 2.67 bits per heavy atom. The van der Waals surface area contributed by atoms with Gasteiger partial charge in [0.2, 0.25) is 0 Å². The monoisotopic (exact) mass is 328 g/mol. The first-order valence-corrected chi connectivity index (χ1v) is 7.38. The number of hydrogen-bond acceptors (Lipinski definition) is 5. The zero-order valence-electron chi connectivity index (χ0n) is 13.7. The number of ether oxygens (including phenoxy) is 3. The number of nitrogens with one attached hydrogen (secondary N) is 2. The van der Waals surface area contributed by atoms with Gasteiger partial charge in [-0.3, -0.25) is 5.41 Å². The van der Waals surface area contributed by atoms with Crippen LogP contribution in [0.25, 0.3) is 0 Å². The highest BCUT2D eigenvalue weighted by atomic mass is 16.5. The largest absolute Gasteiger partial charge is 0.496 e. The van der Waals surface area contributed by atoms with Crippen LogP contribution < -0.4 is 14.8 Å². The molecule has 0 atom stereocenters. The summed E-state index contributed by atoms with van der Waals surface area (Å²) in [7, 11) is 2.93. The summed E-state index contributed by atoms with van der Waals surface area (Å²) in [6, 6.07) is 14.2. The van der Waals surface area contributed by atoms with Crippen molar-refractivity contribution in [2.24, 2.45) is 0 Å². The van der Waals surface area contributed by atoms with E-state index in [1.54, 1.807) is 31.4 Å². The highest BCUT2D eigenvalue weighted by Crippen LogP contribution is 2.17. The third-order valence-electron chi connectivity index (χ3n) is 3.34. The van der Waals surface area contributed by atoms with Crippen LogP contribution in [0.4, 0.5) is 0 Å². The van der Waals surface area contributed by atoms with E-state index in [1.807, 2.05) is 24.3 Å². The van der Waals surface area contributed by atoms with Crippen molar-refractivity contribution < 1.29 is 19.0 Å². The fraction of sp³-hybridized carbons (Fsp3) is 0.222. The van der Waals surface area contributed by atoms with Crippen LogP contribution in [0.3, 0.4) is 0 Å². The predicted molar refractivity (Wildman–Crippen MR) is 90.8 cm³/mol. The van der Waals surface area contributed by atoms with E-state index in [0.717, 1.165) is 11.3 Å². The van der Waals surface area contributed by atoms with Crippen molar-refractivity contribution in [2.75, 3.05) is 21.0 Å². The standard InChI is InChI=1S/C18H20N2O4/c1-22-16-9-4-3-6-13(16)11-17(19)20-12-24-15-8-5-7-14(10-15)18(21)23-2/h3-10H,11-12H2,1-2H3,(H2,19,20). The average Bonchev–Trinajstić information content (AvgIpc) is 2.61. The Labute approximate surface area is 140 Å². The van der Waals surface area contributed by atoms with Gasteiger partial charge in [-0.1, -0.05) is 24.3 Å². The van der Waals surface area contributed by atoms with Gasteiger partial charge in [0.1, 0.15) is 17.3 Å². The molecule has 0 unspecified atom stereocenters. The molecule has 6 heteroatoms. The third kappa shape index (κ3) is 4.74. The van der Waals surface area contributed by atoms with Crippen LogP contribution in [0.5, 0.6) is 11.5 Å². The van der Waals surface area contributed by atoms with Gasteiger partial charge < -0.3 is 19.5 Å². The lowest BCUT2D eigenvalue weighted by Gasteiger charge is -2.12. The lowest BCUT2D eigenvalue weighted by atomic mass is 10.1. The normalized spacial score (nSPS) is 9.92. The first-order chi connectivity index (χ1) is 11.6. The van der Waals surface area contributed by atoms with Crippen molar-refractivity contribution in [2.45, 2.75) is 6.42 Å². The summed E-state index contributed by atoms with van der Waals surface area (Å²) in [5.41, 5.74) is 1.34. The lowest BCUT2D eigenvalue weighted by Crippen LogP contribution is -2.28. The number of rotatable bonds is 7. The zero-order valence-corrected chi connectivity index (χ0v) is 13.7. The molecule has 0 fully saturated rings. The van der Waals surface area contributed by atoms with Gasteiger partial charge in [0.15, 0.2) is 6.73 Å². The highest BCUT2D eigenvalue weighted by molar-refractivity contribution is 5.89. The van der Waals surface area contributed by atoms with Gasteiger partial charge in [0.25, 0.3) is 0 Å². The molecule has 0 heterocycles. The first-order valence-electron chi connectivity index (χ1n) is 7.38. The number of esters is 1. The predicted octanol–water partition coefficient (Wildman–Crippen LogP) is 2.63. The molecular formula is C18H20N2O4. The number of carbonyl (C=O) groups is 1. The Morgan fingerprint density at radius 1 is 1.12 bits per heavy atom. The molecule has 126 valence electrons. The molecule has 2 N–H and O–H groups in total. The van der Waals surface area contributed by atoms with Crippen molar-refractivity contribution in [1.82, 2.24) is 5.32 Å². The van der Waals surface area contributed by atoms with E-state index in [4.69, 9.17) is 14.9 Å². The third-order valence-corrected chi connectivity index (χ3v) is 3.34. The molecule has 6 nitrogen and oxygen atoms in total. The minimum atomic E-state index is -0.419. The van der Waals surface area contributed by atoms with Gasteiger partial charge in [-0.25, -0.2) is 4.79 Å². The van der Waals surface area contributed by atoms with E-state index in [2.05, 4.69) is 10.1 Å². The summed E-state index contributed by atoms with van der Waals surface area (Å²) >= 11 is 0. The van der Waals surface area contributed by atoms with Gasteiger partial charge >= 0.3 is 5.97 Å². The Kier molecular flexibility index (Phi) is 6.19. The van der Waals surface area contributed by atoms with Gasteiger partial charge in [0.05, 0.1) is 19.8 Å². The lowest BCUT2D eigenvalue weighted by molar-refractivity contribution is 0.0600. The minimum absolute atomic E-state index is 0.124. The molecule has 24 heavy (non-hydrogen) atoms. The molecular weight excluding hydrogens is 308 g/mol. The molecule has 0 aliphatic heterocycles. The number of hydrogen-bond donors (Lipinski definition) is 2. The van der Waals surface area contributed by atoms with E-state index >= 15 is 0 Å². The van der Waals surface area contributed by atoms with Gasteiger partial charge in [0, 0.05) is 12.0 Å². The molecule has 0 bridgehead atoms. The second-order valence-corrected chi connectivity index (χ2v) is 4.95. The molecule has 0 radical (unpaired) electrons. The topological polar surface area (TPSA) is 80.6 Å². The van der Waals surface area contributed by atoms with Crippen molar-refractivity contribution in [3.63, 3.8) is 0 Å². The second kappa shape index (κ2) is 8.57. The molecule has 0 aliphatic carbocycles. The zero-order chi connectivity index (χ0) is 17.4. The van der Waals surface area contributed by atoms with E-state index in [1.165, 1.54) is 7.11 Å². The highest BCUT2D eigenvalue weighted by Gasteiger charge is 2.07. The van der Waals surface area contributed by atoms with Gasteiger partial charge in [-0.2, -0.15) is 0 Å². The quantitative estimate of drug-likeness (QED) is 0.353. The summed E-state index contributed by atoms with van der Waals surface area (Å²) in [5, 5.41) is 10.9. The molecule has 0 saturated heterocycles. The molecule has 0 saturated carbocycles. The Balaban J connectivity index is 1.85. The molecule has 0 spiro atoms. The van der Waals surface area contributed by atoms with E-state index < -0.39 is 5.97 Å². The molecule has 2 aromatic carbocycles. The van der Waals surface area contributed by atoms with Crippen LogP contribution in [0.2, 0.25) is 0 Å². The summed E-state index contributed by atoms with van der Waals surface area (Å²) in [6.07, 6.45) is 0.412. The number of amidine groups is 1. The molecule has 0 amide bonds. The molecule has 2 aromatic rings. The number of benzene rings is 2. The summed E-state index contributed by atoms with van der Waals surface area (Å²) in [6.45, 7) is 0.124. The van der Waals surface area contributed by atoms with Gasteiger partial charge in [-0.15, -0.1) is 0 Å². The summed E-state index contributed by atoms with van der Waals surface area (Å²) in [4.78, 5) is 11.5. The van der Waals surface area contributed by atoms with E-state index in [0.29, 0.717) is 23.6 Å². The first kappa shape index (κ1) is 17.3. The van der Waals surface area contributed by atoms with Crippen molar-refractivity contribution in [1.29, 1.82) is 5.41 Å². The SMILES string of the molecule is COC(=O)c1cccc(OCNC(=N)Cc2ccccc2OC)c1. The van der Waals surface area contributed by atoms with E-state index in [9.17, 15) is 4.79 Å². The maximum atomic E-state index is 11.5. The van der Waals surface area contributed by atoms with Crippen LogP contribution in [0, 0.1) is 5.41 Å². The molecule has 0 aromatic heterocycles. The molecule has 2 rings (SSSR count). The second-order valence-electron chi connectivity index (χ2n) is 4.95. The number of methoxy groups -OCH3 is 2. The van der Waals surface area contributed by atoms with Crippen LogP contribution in [0.1, 0.15) is 15.9 Å². The van der Waals surface area contributed by atoms with Crippen LogP contribution >= 0.6 is 0 Å². The maximum Gasteiger partial charge on any atom is 0.337 e. The van der Waals surface area contributed by atoms with Crippen LogP contribution in [-0.4, -0.2) is 32.8 Å². The van der Waals surface area contributed by atoms with Gasteiger partial charge in [-0.05, 0) is 24.3 Å². The fourth-order valence-corrected chi connectivity index (χ4v) is 2.14. The summed E-state index contributed by atoms with van der Waals surface area (Å²) < 4.78 is 15.4. The average molecular weight is 328 g/mol. The van der Waals surface area contributed by atoms with Crippen LogP contribution in [0.15, 0.2) is 48.5 Å². The Morgan fingerprint density at radius 2 is 1.92 bits per heavy atom. The Bertz CT molecular complexity index is 716. The van der Waals surface area contributed by atoms with Crippen molar-refractivity contribution >= 4 is 11.8 Å². The molecule has 0 aliphatic rings. The smallest absolute Gasteiger partial charge is 0.337 e. The number of carbonyl (C=O) groups excluding carboxylic acids is 1. The van der Waals surface area contributed by atoms with E-state index in [-0.39, 0.29) is 6.73 Å². The minimum Gasteiger partial charge on any atom is -0.496 e. The van der Waals surface area contributed by atoms with Crippen LogP contribution in [-0.2, 0) is 11.2 Å².